The molecule has 170 valence electrons. The number of nitrogens with one attached hydrogen (secondary N) is 1. The molecule has 3 aromatic carbocycles. The fraction of sp³-hybridized carbons (Fsp3) is 0.130. The average molecular weight is 467 g/mol. The smallest absolute Gasteiger partial charge is 0.244 e. The van der Waals surface area contributed by atoms with Gasteiger partial charge in [0.15, 0.2) is 5.82 Å². The third-order valence-electron chi connectivity index (χ3n) is 5.15. The number of phenolic OH excluding ortho intramolecular Hbond substituents is 3. The molecule has 0 bridgehead atoms. The Morgan fingerprint density at radius 1 is 0.939 bits per heavy atom. The molecule has 1 heterocycles. The topological polar surface area (TPSA) is 138 Å². The molecular formula is C23H22N4O5S. The first-order valence-corrected chi connectivity index (χ1v) is 11.5. The monoisotopic (exact) mass is 466 g/mol. The SMILES string of the molecule is Cc1ccc(-n2cnnc2-c2cc(S(=O)(=O)NCCc3ccccc3O)c(O)cc2O)cc1. The molecule has 4 N–H and O–H groups in total. The van der Waals surface area contributed by atoms with E-state index in [1.54, 1.807) is 22.8 Å². The van der Waals surface area contributed by atoms with Crippen LogP contribution in [0.1, 0.15) is 11.1 Å². The van der Waals surface area contributed by atoms with Crippen LogP contribution >= 0.6 is 0 Å². The first kappa shape index (κ1) is 22.3. The number of hydrogen-bond acceptors (Lipinski definition) is 7. The highest BCUT2D eigenvalue weighted by Gasteiger charge is 2.24. The second-order valence-corrected chi connectivity index (χ2v) is 9.21. The van der Waals surface area contributed by atoms with Crippen LogP contribution in [0, 0.1) is 6.92 Å². The number of nitrogens with zero attached hydrogens (tertiary/aromatic N) is 3. The number of aromatic nitrogens is 3. The van der Waals surface area contributed by atoms with E-state index in [-0.39, 0.29) is 35.9 Å². The predicted octanol–water partition coefficient (Wildman–Crippen LogP) is 2.88. The summed E-state index contributed by atoms with van der Waals surface area (Å²) >= 11 is 0. The van der Waals surface area contributed by atoms with E-state index in [0.717, 1.165) is 23.4 Å². The molecule has 0 fully saturated rings. The molecule has 33 heavy (non-hydrogen) atoms. The third-order valence-corrected chi connectivity index (χ3v) is 6.64. The first-order chi connectivity index (χ1) is 15.8. The highest BCUT2D eigenvalue weighted by atomic mass is 32.2. The van der Waals surface area contributed by atoms with Crippen LogP contribution in [0.2, 0.25) is 0 Å². The van der Waals surface area contributed by atoms with Crippen molar-refractivity contribution in [3.05, 3.63) is 78.1 Å². The number of rotatable bonds is 7. The molecule has 0 atom stereocenters. The lowest BCUT2D eigenvalue weighted by atomic mass is 10.1. The summed E-state index contributed by atoms with van der Waals surface area (Å²) in [4.78, 5) is -0.411. The standard InChI is InChI=1S/C23H22N4O5S/c1-15-6-8-17(9-7-15)27-14-24-26-23(27)18-12-22(21(30)13-20(18)29)33(31,32)25-11-10-16-4-2-3-5-19(16)28/h2-9,12-14,25,28-30H,10-11H2,1H3. The molecule has 0 aliphatic heterocycles. The lowest BCUT2D eigenvalue weighted by Crippen LogP contribution is -2.26. The number of para-hydroxylation sites is 1. The van der Waals surface area contributed by atoms with Gasteiger partial charge in [-0.15, -0.1) is 10.2 Å². The quantitative estimate of drug-likeness (QED) is 0.329. The molecule has 0 saturated carbocycles. The zero-order chi connectivity index (χ0) is 23.6. The van der Waals surface area contributed by atoms with Crippen molar-refractivity contribution in [2.24, 2.45) is 0 Å². The van der Waals surface area contributed by atoms with Gasteiger partial charge in [-0.25, -0.2) is 13.1 Å². The minimum absolute atomic E-state index is 0.00486. The van der Waals surface area contributed by atoms with Gasteiger partial charge in [0.05, 0.1) is 5.56 Å². The largest absolute Gasteiger partial charge is 0.508 e. The normalized spacial score (nSPS) is 11.5. The molecule has 0 aliphatic rings. The summed E-state index contributed by atoms with van der Waals surface area (Å²) in [6, 6.07) is 16.2. The second-order valence-electron chi connectivity index (χ2n) is 7.47. The van der Waals surface area contributed by atoms with Gasteiger partial charge < -0.3 is 15.3 Å². The average Bonchev–Trinajstić information content (AvgIpc) is 3.25. The van der Waals surface area contributed by atoms with Gasteiger partial charge in [-0.2, -0.15) is 0 Å². The molecule has 10 heteroatoms. The maximum atomic E-state index is 12.9. The van der Waals surface area contributed by atoms with Crippen LogP contribution in [0.3, 0.4) is 0 Å². The Bertz CT molecular complexity index is 1400. The van der Waals surface area contributed by atoms with Crippen LogP contribution in [-0.2, 0) is 16.4 Å². The molecule has 4 rings (SSSR count). The number of sulfonamides is 1. The van der Waals surface area contributed by atoms with E-state index in [0.29, 0.717) is 5.56 Å². The summed E-state index contributed by atoms with van der Waals surface area (Å²) in [6.45, 7) is 1.95. The van der Waals surface area contributed by atoms with Crippen molar-refractivity contribution in [3.63, 3.8) is 0 Å². The molecule has 0 radical (unpaired) electrons. The minimum Gasteiger partial charge on any atom is -0.508 e. The van der Waals surface area contributed by atoms with E-state index in [9.17, 15) is 23.7 Å². The van der Waals surface area contributed by atoms with E-state index in [4.69, 9.17) is 0 Å². The van der Waals surface area contributed by atoms with E-state index >= 15 is 0 Å². The molecular weight excluding hydrogens is 444 g/mol. The Kier molecular flexibility index (Phi) is 6.03. The van der Waals surface area contributed by atoms with Crippen molar-refractivity contribution in [1.29, 1.82) is 0 Å². The van der Waals surface area contributed by atoms with Crippen molar-refractivity contribution >= 4 is 10.0 Å². The molecule has 1 aromatic heterocycles. The second kappa shape index (κ2) is 8.93. The van der Waals surface area contributed by atoms with E-state index in [2.05, 4.69) is 14.9 Å². The number of aryl methyl sites for hydroxylation is 1. The van der Waals surface area contributed by atoms with Crippen molar-refractivity contribution in [2.45, 2.75) is 18.2 Å². The maximum Gasteiger partial charge on any atom is 0.244 e. The van der Waals surface area contributed by atoms with Gasteiger partial charge in [0.25, 0.3) is 0 Å². The third kappa shape index (κ3) is 4.66. The fourth-order valence-corrected chi connectivity index (χ4v) is 4.52. The lowest BCUT2D eigenvalue weighted by Gasteiger charge is -2.13. The van der Waals surface area contributed by atoms with Crippen molar-refractivity contribution in [1.82, 2.24) is 19.5 Å². The van der Waals surface area contributed by atoms with Gasteiger partial charge in [0.1, 0.15) is 28.5 Å². The number of phenols is 3. The number of aromatic hydroxyl groups is 3. The number of hydrogen-bond donors (Lipinski definition) is 4. The van der Waals surface area contributed by atoms with E-state index in [1.807, 2.05) is 31.2 Å². The van der Waals surface area contributed by atoms with Crippen molar-refractivity contribution in [2.75, 3.05) is 6.54 Å². The first-order valence-electron chi connectivity index (χ1n) is 10.1. The highest BCUT2D eigenvalue weighted by Crippen LogP contribution is 2.36. The van der Waals surface area contributed by atoms with Crippen molar-refractivity contribution < 1.29 is 23.7 Å². The van der Waals surface area contributed by atoms with Crippen LogP contribution in [0.4, 0.5) is 0 Å². The van der Waals surface area contributed by atoms with Crippen LogP contribution in [0.15, 0.2) is 71.9 Å². The Morgan fingerprint density at radius 2 is 1.67 bits per heavy atom. The van der Waals surface area contributed by atoms with Gasteiger partial charge >= 0.3 is 0 Å². The lowest BCUT2D eigenvalue weighted by molar-refractivity contribution is 0.439. The maximum absolute atomic E-state index is 12.9. The Hall–Kier alpha value is -3.89. The Morgan fingerprint density at radius 3 is 2.39 bits per heavy atom. The van der Waals surface area contributed by atoms with Crippen LogP contribution in [0.25, 0.3) is 17.1 Å². The Balaban J connectivity index is 1.65. The van der Waals surface area contributed by atoms with Crippen molar-refractivity contribution in [3.8, 4) is 34.3 Å². The van der Waals surface area contributed by atoms with E-state index < -0.39 is 20.7 Å². The highest BCUT2D eigenvalue weighted by molar-refractivity contribution is 7.89. The summed E-state index contributed by atoms with van der Waals surface area (Å²) in [6.07, 6.45) is 1.70. The summed E-state index contributed by atoms with van der Waals surface area (Å²) < 4.78 is 29.8. The van der Waals surface area contributed by atoms with Gasteiger partial charge in [-0.3, -0.25) is 4.57 Å². The number of benzene rings is 3. The van der Waals surface area contributed by atoms with Crippen LogP contribution < -0.4 is 4.72 Å². The molecule has 9 nitrogen and oxygen atoms in total. The summed E-state index contributed by atoms with van der Waals surface area (Å²) in [5.41, 5.74) is 2.45. The van der Waals surface area contributed by atoms with Gasteiger partial charge in [-0.1, -0.05) is 35.9 Å². The Labute approximate surface area is 190 Å². The van der Waals surface area contributed by atoms with Gasteiger partial charge in [0, 0.05) is 18.3 Å². The van der Waals surface area contributed by atoms with Gasteiger partial charge in [0.2, 0.25) is 10.0 Å². The molecule has 4 aromatic rings. The molecule has 0 saturated heterocycles. The molecule has 0 amide bonds. The molecule has 0 unspecified atom stereocenters. The van der Waals surface area contributed by atoms with E-state index in [1.165, 1.54) is 12.4 Å². The zero-order valence-corrected chi connectivity index (χ0v) is 18.5. The molecule has 0 spiro atoms. The zero-order valence-electron chi connectivity index (χ0n) is 17.7. The van der Waals surface area contributed by atoms with Gasteiger partial charge in [-0.05, 0) is 43.2 Å². The summed E-state index contributed by atoms with van der Waals surface area (Å²) in [5, 5.41) is 38.5. The fourth-order valence-electron chi connectivity index (χ4n) is 3.38. The predicted molar refractivity (Wildman–Crippen MR) is 122 cm³/mol. The summed E-state index contributed by atoms with van der Waals surface area (Å²) in [5.74, 6) is -0.668. The van der Waals surface area contributed by atoms with Crippen LogP contribution in [-0.4, -0.2) is 45.0 Å². The minimum atomic E-state index is -4.14. The summed E-state index contributed by atoms with van der Waals surface area (Å²) in [7, 11) is -4.14. The molecule has 0 aliphatic carbocycles. The van der Waals surface area contributed by atoms with Crippen LogP contribution in [0.5, 0.6) is 17.2 Å².